The first-order chi connectivity index (χ1) is 13.0. The molecule has 140 valence electrons. The summed E-state index contributed by atoms with van der Waals surface area (Å²) >= 11 is 1.36. The minimum Gasteiger partial charge on any atom is -0.493 e. The van der Waals surface area contributed by atoms with Crippen molar-refractivity contribution in [3.05, 3.63) is 59.0 Å². The maximum Gasteiger partial charge on any atom is 0.387 e. The molecule has 3 rings (SSSR count). The van der Waals surface area contributed by atoms with Crippen molar-refractivity contribution in [3.8, 4) is 22.8 Å². The summed E-state index contributed by atoms with van der Waals surface area (Å²) in [7, 11) is 1.31. The van der Waals surface area contributed by atoms with E-state index in [2.05, 4.69) is 15.0 Å². The average Bonchev–Trinajstić information content (AvgIpc) is 3.02. The molecular formula is C19H16F2N2O3S. The lowest BCUT2D eigenvalue weighted by Gasteiger charge is -2.11. The number of alkyl halides is 2. The van der Waals surface area contributed by atoms with Gasteiger partial charge in [0.05, 0.1) is 12.8 Å². The summed E-state index contributed by atoms with van der Waals surface area (Å²) in [6.45, 7) is -1.05. The summed E-state index contributed by atoms with van der Waals surface area (Å²) in [6, 6.07) is 13.6. The van der Waals surface area contributed by atoms with Gasteiger partial charge < -0.3 is 9.47 Å². The van der Waals surface area contributed by atoms with Crippen LogP contribution in [-0.4, -0.2) is 24.6 Å². The fraction of sp³-hybridized carbons (Fsp3) is 0.158. The monoisotopic (exact) mass is 390 g/mol. The summed E-state index contributed by atoms with van der Waals surface area (Å²) in [5.41, 5.74) is 2.00. The number of hydrogen-bond acceptors (Lipinski definition) is 5. The molecule has 0 aliphatic heterocycles. The number of nitrogens with one attached hydrogen (secondary N) is 1. The average molecular weight is 390 g/mol. The van der Waals surface area contributed by atoms with Crippen molar-refractivity contribution < 1.29 is 23.0 Å². The second-order valence-corrected chi connectivity index (χ2v) is 6.69. The topological polar surface area (TPSA) is 60.5 Å². The largest absolute Gasteiger partial charge is 0.493 e. The Morgan fingerprint density at radius 1 is 1.15 bits per heavy atom. The Kier molecular flexibility index (Phi) is 5.66. The second-order valence-electron chi connectivity index (χ2n) is 5.49. The Labute approximate surface area is 158 Å². The van der Waals surface area contributed by atoms with Crippen molar-refractivity contribution in [2.75, 3.05) is 12.4 Å². The lowest BCUT2D eigenvalue weighted by Crippen LogP contribution is -2.12. The highest BCUT2D eigenvalue weighted by atomic mass is 32.1. The van der Waals surface area contributed by atoms with Gasteiger partial charge in [0.25, 0.3) is 5.91 Å². The van der Waals surface area contributed by atoms with Crippen LogP contribution in [0.15, 0.2) is 48.5 Å². The molecule has 0 aliphatic rings. The molecule has 27 heavy (non-hydrogen) atoms. The number of amides is 1. The molecule has 0 saturated carbocycles. The summed E-state index contributed by atoms with van der Waals surface area (Å²) < 4.78 is 34.2. The smallest absolute Gasteiger partial charge is 0.387 e. The number of ether oxygens (including phenoxy) is 2. The molecule has 0 fully saturated rings. The first-order valence-corrected chi connectivity index (χ1v) is 8.76. The minimum atomic E-state index is -2.98. The molecule has 0 saturated heterocycles. The number of anilines is 1. The van der Waals surface area contributed by atoms with Crippen LogP contribution in [0.5, 0.6) is 11.5 Å². The zero-order valence-corrected chi connectivity index (χ0v) is 15.3. The van der Waals surface area contributed by atoms with E-state index in [1.165, 1.54) is 36.6 Å². The van der Waals surface area contributed by atoms with E-state index in [0.29, 0.717) is 5.13 Å². The molecular weight excluding hydrogens is 374 g/mol. The highest BCUT2D eigenvalue weighted by molar-refractivity contribution is 7.16. The number of hydrogen-bond donors (Lipinski definition) is 1. The van der Waals surface area contributed by atoms with Gasteiger partial charge in [-0.05, 0) is 25.1 Å². The molecule has 0 atom stereocenters. The maximum absolute atomic E-state index is 12.5. The zero-order valence-electron chi connectivity index (χ0n) is 14.5. The number of benzene rings is 2. The lowest BCUT2D eigenvalue weighted by molar-refractivity contribution is -0.0512. The van der Waals surface area contributed by atoms with E-state index in [9.17, 15) is 13.6 Å². The molecule has 1 amide bonds. The Morgan fingerprint density at radius 2 is 1.89 bits per heavy atom. The standard InChI is InChI=1S/C19H16F2N2O3S/c1-11-16(12-6-4-3-5-7-12)22-19(27-11)23-17(24)13-8-9-14(26-18(20)21)15(10-13)25-2/h3-10,18H,1-2H3,(H,22,23,24). The third-order valence-corrected chi connectivity index (χ3v) is 4.59. The molecule has 1 N–H and O–H groups in total. The van der Waals surface area contributed by atoms with Crippen molar-refractivity contribution in [2.24, 2.45) is 0 Å². The van der Waals surface area contributed by atoms with Crippen LogP contribution in [0.1, 0.15) is 15.2 Å². The number of thiazole rings is 1. The number of nitrogens with zero attached hydrogens (tertiary/aromatic N) is 1. The first-order valence-electron chi connectivity index (χ1n) is 7.95. The molecule has 0 unspecified atom stereocenters. The molecule has 3 aromatic rings. The number of halogens is 2. The Hall–Kier alpha value is -3.00. The fourth-order valence-corrected chi connectivity index (χ4v) is 3.32. The van der Waals surface area contributed by atoms with Crippen molar-refractivity contribution in [1.82, 2.24) is 4.98 Å². The third kappa shape index (κ3) is 4.40. The number of methoxy groups -OCH3 is 1. The highest BCUT2D eigenvalue weighted by Gasteiger charge is 2.16. The maximum atomic E-state index is 12.5. The molecule has 5 nitrogen and oxygen atoms in total. The van der Waals surface area contributed by atoms with Crippen LogP contribution >= 0.6 is 11.3 Å². The van der Waals surface area contributed by atoms with Crippen molar-refractivity contribution >= 4 is 22.4 Å². The first kappa shape index (κ1) is 18.8. The predicted octanol–water partition coefficient (Wildman–Crippen LogP) is 4.98. The van der Waals surface area contributed by atoms with Crippen LogP contribution in [0.3, 0.4) is 0 Å². The molecule has 1 aromatic heterocycles. The van der Waals surface area contributed by atoms with E-state index in [4.69, 9.17) is 4.74 Å². The van der Waals surface area contributed by atoms with E-state index < -0.39 is 12.5 Å². The van der Waals surface area contributed by atoms with Crippen molar-refractivity contribution in [1.29, 1.82) is 0 Å². The van der Waals surface area contributed by atoms with Gasteiger partial charge in [0, 0.05) is 16.0 Å². The van der Waals surface area contributed by atoms with Gasteiger partial charge in [-0.2, -0.15) is 8.78 Å². The second kappa shape index (κ2) is 8.13. The molecule has 0 bridgehead atoms. The van der Waals surface area contributed by atoms with Gasteiger partial charge >= 0.3 is 6.61 Å². The molecule has 8 heteroatoms. The number of carbonyl (C=O) groups is 1. The summed E-state index contributed by atoms with van der Waals surface area (Å²) in [5.74, 6) is -0.519. The quantitative estimate of drug-likeness (QED) is 0.645. The number of aryl methyl sites for hydroxylation is 1. The van der Waals surface area contributed by atoms with E-state index in [1.807, 2.05) is 37.3 Å². The van der Waals surface area contributed by atoms with Gasteiger partial charge in [-0.25, -0.2) is 4.98 Å². The van der Waals surface area contributed by atoms with E-state index in [0.717, 1.165) is 16.1 Å². The highest BCUT2D eigenvalue weighted by Crippen LogP contribution is 2.32. The Bertz CT molecular complexity index is 945. The van der Waals surface area contributed by atoms with E-state index >= 15 is 0 Å². The van der Waals surface area contributed by atoms with Crippen LogP contribution in [0.25, 0.3) is 11.3 Å². The normalized spacial score (nSPS) is 10.7. The molecule has 2 aromatic carbocycles. The van der Waals surface area contributed by atoms with Crippen molar-refractivity contribution in [3.63, 3.8) is 0 Å². The molecule has 0 spiro atoms. The third-order valence-electron chi connectivity index (χ3n) is 3.71. The van der Waals surface area contributed by atoms with Crippen molar-refractivity contribution in [2.45, 2.75) is 13.5 Å². The predicted molar refractivity (Wildman–Crippen MR) is 99.9 cm³/mol. The summed E-state index contributed by atoms with van der Waals surface area (Å²) in [4.78, 5) is 17.9. The number of rotatable bonds is 6. The summed E-state index contributed by atoms with van der Waals surface area (Å²) in [5, 5.41) is 3.17. The van der Waals surface area contributed by atoms with Gasteiger partial charge in [0.15, 0.2) is 16.6 Å². The van der Waals surface area contributed by atoms with Gasteiger partial charge in [-0.15, -0.1) is 11.3 Å². The number of aromatic nitrogens is 1. The van der Waals surface area contributed by atoms with Crippen LogP contribution < -0.4 is 14.8 Å². The van der Waals surface area contributed by atoms with Gasteiger partial charge in [0.2, 0.25) is 0 Å². The van der Waals surface area contributed by atoms with Gasteiger partial charge in [-0.3, -0.25) is 10.1 Å². The van der Waals surface area contributed by atoms with Crippen LogP contribution in [0.2, 0.25) is 0 Å². The minimum absolute atomic E-state index is 0.0447. The van der Waals surface area contributed by atoms with Gasteiger partial charge in [0.1, 0.15) is 0 Å². The molecule has 1 heterocycles. The Balaban J connectivity index is 1.80. The van der Waals surface area contributed by atoms with Crippen LogP contribution in [-0.2, 0) is 0 Å². The SMILES string of the molecule is COc1cc(C(=O)Nc2nc(-c3ccccc3)c(C)s2)ccc1OC(F)F. The van der Waals surface area contributed by atoms with Crippen LogP contribution in [0.4, 0.5) is 13.9 Å². The lowest BCUT2D eigenvalue weighted by atomic mass is 10.1. The Morgan fingerprint density at radius 3 is 2.56 bits per heavy atom. The van der Waals surface area contributed by atoms with Crippen LogP contribution in [0, 0.1) is 6.92 Å². The molecule has 0 aliphatic carbocycles. The van der Waals surface area contributed by atoms with E-state index in [1.54, 1.807) is 0 Å². The fourth-order valence-electron chi connectivity index (χ4n) is 2.49. The van der Waals surface area contributed by atoms with E-state index in [-0.39, 0.29) is 17.1 Å². The number of carbonyl (C=O) groups excluding carboxylic acids is 1. The molecule has 0 radical (unpaired) electrons. The zero-order chi connectivity index (χ0) is 19.4. The van der Waals surface area contributed by atoms with Gasteiger partial charge in [-0.1, -0.05) is 30.3 Å². The summed E-state index contributed by atoms with van der Waals surface area (Å²) in [6.07, 6.45) is 0.